The zero-order valence-corrected chi connectivity index (χ0v) is 16.4. The van der Waals surface area contributed by atoms with E-state index in [1.807, 2.05) is 30.3 Å². The molecule has 1 aromatic carbocycles. The predicted molar refractivity (Wildman–Crippen MR) is 109 cm³/mol. The summed E-state index contributed by atoms with van der Waals surface area (Å²) in [6, 6.07) is 10.0. The average molecular weight is 400 g/mol. The number of aromatic nitrogens is 1. The highest BCUT2D eigenvalue weighted by Crippen LogP contribution is 2.24. The van der Waals surface area contributed by atoms with Crippen LogP contribution < -0.4 is 15.8 Å². The van der Waals surface area contributed by atoms with Crippen molar-refractivity contribution in [3.05, 3.63) is 36.5 Å². The van der Waals surface area contributed by atoms with Gasteiger partial charge in [-0.15, -0.1) is 24.8 Å². The maximum Gasteiger partial charge on any atom is 0.223 e. The molecule has 1 aliphatic rings. The van der Waals surface area contributed by atoms with Gasteiger partial charge in [-0.1, -0.05) is 24.6 Å². The van der Waals surface area contributed by atoms with Gasteiger partial charge >= 0.3 is 0 Å². The van der Waals surface area contributed by atoms with Crippen LogP contribution in [0.1, 0.15) is 32.1 Å². The number of halogens is 2. The molecule has 1 aromatic heterocycles. The summed E-state index contributed by atoms with van der Waals surface area (Å²) in [5.41, 5.74) is 6.82. The molecule has 3 rings (SSSR count). The zero-order valence-electron chi connectivity index (χ0n) is 14.7. The standard InChI is InChI=1S/C19H25N3O2.2ClH/c20-16-8-1-6-15(13-16)19(23)22-11-4-12-24-17-9-2-5-14-7-3-10-21-18(14)17;;/h2-3,5,7,9-10,15-16H,1,4,6,8,11-13,20H2,(H,22,23);2*1H. The monoisotopic (exact) mass is 399 g/mol. The number of hydrogen-bond acceptors (Lipinski definition) is 4. The zero-order chi connectivity index (χ0) is 16.8. The number of nitrogens with two attached hydrogens (primary N) is 1. The van der Waals surface area contributed by atoms with Crippen molar-refractivity contribution in [1.29, 1.82) is 0 Å². The minimum Gasteiger partial charge on any atom is -0.491 e. The highest BCUT2D eigenvalue weighted by molar-refractivity contribution is 5.86. The average Bonchev–Trinajstić information content (AvgIpc) is 2.61. The minimum atomic E-state index is 0. The van der Waals surface area contributed by atoms with E-state index in [9.17, 15) is 4.79 Å². The molecule has 26 heavy (non-hydrogen) atoms. The first-order valence-corrected chi connectivity index (χ1v) is 8.74. The Morgan fingerprint density at radius 1 is 1.23 bits per heavy atom. The number of carbonyl (C=O) groups is 1. The number of amides is 1. The van der Waals surface area contributed by atoms with Crippen LogP contribution in [0.3, 0.4) is 0 Å². The third-order valence-corrected chi connectivity index (χ3v) is 4.56. The molecule has 1 heterocycles. The van der Waals surface area contributed by atoms with E-state index in [4.69, 9.17) is 10.5 Å². The Labute approximate surface area is 166 Å². The lowest BCUT2D eigenvalue weighted by molar-refractivity contribution is -0.126. The first-order chi connectivity index (χ1) is 11.7. The van der Waals surface area contributed by atoms with Gasteiger partial charge in [-0.3, -0.25) is 9.78 Å². The van der Waals surface area contributed by atoms with Crippen molar-refractivity contribution in [3.8, 4) is 5.75 Å². The van der Waals surface area contributed by atoms with Crippen molar-refractivity contribution in [2.45, 2.75) is 38.1 Å². The molecule has 0 spiro atoms. The Hall–Kier alpha value is -1.56. The molecular formula is C19H27Cl2N3O2. The summed E-state index contributed by atoms with van der Waals surface area (Å²) in [5.74, 6) is 1.01. The van der Waals surface area contributed by atoms with Crippen LogP contribution in [0, 0.1) is 5.92 Å². The Bertz CT molecular complexity index is 694. The lowest BCUT2D eigenvalue weighted by Crippen LogP contribution is -2.38. The molecule has 7 heteroatoms. The summed E-state index contributed by atoms with van der Waals surface area (Å²) >= 11 is 0. The maximum absolute atomic E-state index is 12.1. The molecule has 5 nitrogen and oxygen atoms in total. The summed E-state index contributed by atoms with van der Waals surface area (Å²) in [5, 5.41) is 4.07. The quantitative estimate of drug-likeness (QED) is 0.728. The normalized spacial score (nSPS) is 19.1. The van der Waals surface area contributed by atoms with E-state index < -0.39 is 0 Å². The van der Waals surface area contributed by atoms with Crippen LogP contribution in [-0.2, 0) is 4.79 Å². The fourth-order valence-corrected chi connectivity index (χ4v) is 3.27. The number of hydrogen-bond donors (Lipinski definition) is 2. The summed E-state index contributed by atoms with van der Waals surface area (Å²) in [6.45, 7) is 1.18. The van der Waals surface area contributed by atoms with E-state index in [-0.39, 0.29) is 42.7 Å². The molecule has 0 radical (unpaired) electrons. The highest BCUT2D eigenvalue weighted by atomic mass is 35.5. The van der Waals surface area contributed by atoms with Crippen LogP contribution in [0.5, 0.6) is 5.75 Å². The van der Waals surface area contributed by atoms with Gasteiger partial charge in [-0.05, 0) is 37.8 Å². The van der Waals surface area contributed by atoms with Gasteiger partial charge in [0.05, 0.1) is 6.61 Å². The predicted octanol–water partition coefficient (Wildman–Crippen LogP) is 3.48. The number of ether oxygens (including phenoxy) is 1. The second-order valence-electron chi connectivity index (χ2n) is 6.45. The lowest BCUT2D eigenvalue weighted by atomic mass is 9.85. The molecule has 1 amide bonds. The second-order valence-corrected chi connectivity index (χ2v) is 6.45. The van der Waals surface area contributed by atoms with Crippen molar-refractivity contribution in [1.82, 2.24) is 10.3 Å². The molecule has 1 saturated carbocycles. The van der Waals surface area contributed by atoms with Crippen LogP contribution in [0.2, 0.25) is 0 Å². The third-order valence-electron chi connectivity index (χ3n) is 4.56. The van der Waals surface area contributed by atoms with Gasteiger partial charge in [0, 0.05) is 30.1 Å². The number of pyridine rings is 1. The smallest absolute Gasteiger partial charge is 0.223 e. The van der Waals surface area contributed by atoms with Crippen LogP contribution in [0.25, 0.3) is 10.9 Å². The summed E-state index contributed by atoms with van der Waals surface area (Å²) in [4.78, 5) is 16.5. The Morgan fingerprint density at radius 2 is 2.04 bits per heavy atom. The van der Waals surface area contributed by atoms with E-state index in [1.165, 1.54) is 0 Å². The topological polar surface area (TPSA) is 77.2 Å². The molecule has 0 bridgehead atoms. The van der Waals surface area contributed by atoms with Gasteiger partial charge in [-0.2, -0.15) is 0 Å². The number of benzene rings is 1. The van der Waals surface area contributed by atoms with Crippen molar-refractivity contribution in [3.63, 3.8) is 0 Å². The summed E-state index contributed by atoms with van der Waals surface area (Å²) in [6.07, 6.45) is 6.40. The van der Waals surface area contributed by atoms with Crippen molar-refractivity contribution in [2.24, 2.45) is 11.7 Å². The summed E-state index contributed by atoms with van der Waals surface area (Å²) in [7, 11) is 0. The van der Waals surface area contributed by atoms with Gasteiger partial charge in [0.25, 0.3) is 0 Å². The molecule has 3 N–H and O–H groups in total. The second kappa shape index (κ2) is 11.2. The molecule has 1 aliphatic carbocycles. The van der Waals surface area contributed by atoms with Crippen LogP contribution in [0.15, 0.2) is 36.5 Å². The van der Waals surface area contributed by atoms with Crippen molar-refractivity contribution in [2.75, 3.05) is 13.2 Å². The van der Waals surface area contributed by atoms with E-state index >= 15 is 0 Å². The highest BCUT2D eigenvalue weighted by Gasteiger charge is 2.24. The first kappa shape index (κ1) is 22.5. The van der Waals surface area contributed by atoms with Crippen LogP contribution in [0.4, 0.5) is 0 Å². The number of carbonyl (C=O) groups excluding carboxylic acids is 1. The van der Waals surface area contributed by atoms with E-state index in [2.05, 4.69) is 10.3 Å². The number of fused-ring (bicyclic) bond motifs is 1. The summed E-state index contributed by atoms with van der Waals surface area (Å²) < 4.78 is 5.83. The maximum atomic E-state index is 12.1. The lowest BCUT2D eigenvalue weighted by Gasteiger charge is -2.25. The number of para-hydroxylation sites is 1. The van der Waals surface area contributed by atoms with Crippen LogP contribution >= 0.6 is 24.8 Å². The van der Waals surface area contributed by atoms with E-state index in [0.29, 0.717) is 13.2 Å². The molecule has 0 saturated heterocycles. The fraction of sp³-hybridized carbons (Fsp3) is 0.474. The minimum absolute atomic E-state index is 0. The molecule has 144 valence electrons. The molecule has 1 fully saturated rings. The Balaban J connectivity index is 0.00000169. The van der Waals surface area contributed by atoms with E-state index in [1.54, 1.807) is 6.20 Å². The Kier molecular flexibility index (Phi) is 9.70. The van der Waals surface area contributed by atoms with E-state index in [0.717, 1.165) is 48.8 Å². The van der Waals surface area contributed by atoms with Gasteiger partial charge < -0.3 is 15.8 Å². The van der Waals surface area contributed by atoms with Crippen molar-refractivity contribution < 1.29 is 9.53 Å². The number of nitrogens with one attached hydrogen (secondary N) is 1. The molecular weight excluding hydrogens is 373 g/mol. The number of rotatable bonds is 6. The van der Waals surface area contributed by atoms with Crippen LogP contribution in [-0.4, -0.2) is 30.1 Å². The Morgan fingerprint density at radius 3 is 2.85 bits per heavy atom. The fourth-order valence-electron chi connectivity index (χ4n) is 3.27. The first-order valence-electron chi connectivity index (χ1n) is 8.74. The molecule has 2 aromatic rings. The largest absolute Gasteiger partial charge is 0.491 e. The molecule has 2 atom stereocenters. The SMILES string of the molecule is Cl.Cl.NC1CCCC(C(=O)NCCCOc2cccc3cccnc23)C1. The number of nitrogens with zero attached hydrogens (tertiary/aromatic N) is 1. The van der Waals surface area contributed by atoms with Gasteiger partial charge in [0.15, 0.2) is 0 Å². The molecule has 2 unspecified atom stereocenters. The van der Waals surface area contributed by atoms with Gasteiger partial charge in [0.2, 0.25) is 5.91 Å². The third kappa shape index (κ3) is 6.01. The molecule has 0 aliphatic heterocycles. The van der Waals surface area contributed by atoms with Crippen molar-refractivity contribution >= 4 is 41.6 Å². The van der Waals surface area contributed by atoms with Gasteiger partial charge in [-0.25, -0.2) is 0 Å². The van der Waals surface area contributed by atoms with Gasteiger partial charge in [0.1, 0.15) is 11.3 Å².